The summed E-state index contributed by atoms with van der Waals surface area (Å²) in [4.78, 5) is 17.9. The van der Waals surface area contributed by atoms with Crippen molar-refractivity contribution < 1.29 is 47.6 Å². The average molecular weight is 274 g/mol. The van der Waals surface area contributed by atoms with Crippen LogP contribution in [0.25, 0.3) is 0 Å². The van der Waals surface area contributed by atoms with Gasteiger partial charge in [-0.1, -0.05) is 0 Å². The van der Waals surface area contributed by atoms with Gasteiger partial charge in [0.05, 0.1) is 0 Å². The molecule has 0 unspecified atom stereocenters. The van der Waals surface area contributed by atoms with Gasteiger partial charge in [0.25, 0.3) is 5.97 Å². The Morgan fingerprint density at radius 2 is 1.33 bits per heavy atom. The molecular formula is C8H9F3O7. The van der Waals surface area contributed by atoms with Gasteiger partial charge in [0.15, 0.2) is 11.5 Å². The van der Waals surface area contributed by atoms with E-state index in [-0.39, 0.29) is 11.5 Å². The van der Waals surface area contributed by atoms with Crippen LogP contribution < -0.4 is 0 Å². The van der Waals surface area contributed by atoms with Crippen molar-refractivity contribution >= 4 is 11.9 Å². The SMILES string of the molecule is CC(=O)O.O=C(O)C(F)(F)F.Oc1cocc1O. The molecule has 10 heteroatoms. The molecule has 0 aliphatic rings. The summed E-state index contributed by atoms with van der Waals surface area (Å²) in [6.07, 6.45) is -2.98. The minimum absolute atomic E-state index is 0.222. The molecule has 1 heterocycles. The van der Waals surface area contributed by atoms with Crippen LogP contribution in [0, 0.1) is 0 Å². The van der Waals surface area contributed by atoms with Crippen LogP contribution in [0.3, 0.4) is 0 Å². The third-order valence-corrected chi connectivity index (χ3v) is 0.864. The van der Waals surface area contributed by atoms with Crippen molar-refractivity contribution in [1.29, 1.82) is 0 Å². The maximum Gasteiger partial charge on any atom is 0.490 e. The summed E-state index contributed by atoms with van der Waals surface area (Å²) in [7, 11) is 0. The number of hydrogen-bond acceptors (Lipinski definition) is 5. The fourth-order valence-corrected chi connectivity index (χ4v) is 0.284. The van der Waals surface area contributed by atoms with Gasteiger partial charge in [-0.15, -0.1) is 0 Å². The van der Waals surface area contributed by atoms with Crippen molar-refractivity contribution in [3.8, 4) is 11.5 Å². The Morgan fingerprint density at radius 3 is 1.39 bits per heavy atom. The highest BCUT2D eigenvalue weighted by Gasteiger charge is 2.38. The largest absolute Gasteiger partial charge is 0.502 e. The minimum atomic E-state index is -5.08. The zero-order valence-corrected chi connectivity index (χ0v) is 8.80. The zero-order valence-electron chi connectivity index (χ0n) is 8.80. The molecule has 0 aliphatic carbocycles. The van der Waals surface area contributed by atoms with E-state index in [4.69, 9.17) is 30.0 Å². The van der Waals surface area contributed by atoms with Crippen LogP contribution >= 0.6 is 0 Å². The first-order valence-corrected chi connectivity index (χ1v) is 3.92. The lowest BCUT2D eigenvalue weighted by Gasteiger charge is -1.93. The van der Waals surface area contributed by atoms with Gasteiger partial charge in [-0.25, -0.2) is 4.79 Å². The predicted octanol–water partition coefficient (Wildman–Crippen LogP) is 1.42. The number of aliphatic carboxylic acids is 2. The van der Waals surface area contributed by atoms with Gasteiger partial charge in [-0.05, 0) is 0 Å². The number of carbonyl (C=O) groups is 2. The fourth-order valence-electron chi connectivity index (χ4n) is 0.284. The summed E-state index contributed by atoms with van der Waals surface area (Å²) in [5.41, 5.74) is 0. The maximum absolute atomic E-state index is 10.6. The van der Waals surface area contributed by atoms with Crippen LogP contribution in [0.5, 0.6) is 11.5 Å². The number of aromatic hydroxyl groups is 2. The number of halogens is 3. The molecule has 18 heavy (non-hydrogen) atoms. The zero-order chi connectivity index (χ0) is 14.9. The van der Waals surface area contributed by atoms with E-state index in [0.717, 1.165) is 19.5 Å². The Balaban J connectivity index is 0. The number of carboxylic acids is 2. The van der Waals surface area contributed by atoms with Gasteiger partial charge in [-0.2, -0.15) is 13.2 Å². The van der Waals surface area contributed by atoms with Crippen molar-refractivity contribution in [2.75, 3.05) is 0 Å². The third-order valence-electron chi connectivity index (χ3n) is 0.864. The first-order chi connectivity index (χ1) is 7.98. The normalized spacial score (nSPS) is 9.33. The van der Waals surface area contributed by atoms with Crippen molar-refractivity contribution in [2.24, 2.45) is 0 Å². The Bertz CT molecular complexity index is 362. The van der Waals surface area contributed by atoms with Gasteiger partial charge >= 0.3 is 12.1 Å². The second-order valence-corrected chi connectivity index (χ2v) is 2.46. The minimum Gasteiger partial charge on any atom is -0.502 e. The lowest BCUT2D eigenvalue weighted by Crippen LogP contribution is -2.21. The highest BCUT2D eigenvalue weighted by molar-refractivity contribution is 5.73. The van der Waals surface area contributed by atoms with Gasteiger partial charge in [0.2, 0.25) is 0 Å². The second kappa shape index (κ2) is 7.81. The van der Waals surface area contributed by atoms with Crippen LogP contribution in [-0.4, -0.2) is 38.5 Å². The number of furan rings is 1. The number of carboxylic acid groups (broad SMARTS) is 2. The van der Waals surface area contributed by atoms with Gasteiger partial charge in [-0.3, -0.25) is 4.79 Å². The molecule has 4 N–H and O–H groups in total. The van der Waals surface area contributed by atoms with E-state index in [1.165, 1.54) is 0 Å². The number of rotatable bonds is 0. The average Bonchev–Trinajstić information content (AvgIpc) is 2.49. The first-order valence-electron chi connectivity index (χ1n) is 3.92. The Morgan fingerprint density at radius 1 is 1.11 bits per heavy atom. The molecule has 0 fully saturated rings. The molecule has 0 saturated heterocycles. The predicted molar refractivity (Wildman–Crippen MR) is 49.0 cm³/mol. The summed E-state index contributed by atoms with van der Waals surface area (Å²) in [6.45, 7) is 1.08. The topological polar surface area (TPSA) is 128 Å². The Kier molecular flexibility index (Phi) is 7.81. The molecule has 0 atom stereocenters. The van der Waals surface area contributed by atoms with E-state index < -0.39 is 18.1 Å². The van der Waals surface area contributed by atoms with E-state index in [9.17, 15) is 13.2 Å². The molecule has 0 spiro atoms. The lowest BCUT2D eigenvalue weighted by atomic mass is 10.6. The number of hydrogen-bond donors (Lipinski definition) is 4. The molecule has 1 aromatic rings. The summed E-state index contributed by atoms with van der Waals surface area (Å²) in [5, 5.41) is 31.4. The number of alkyl halides is 3. The Hall–Kier alpha value is -2.39. The van der Waals surface area contributed by atoms with Crippen molar-refractivity contribution in [3.63, 3.8) is 0 Å². The van der Waals surface area contributed by atoms with Crippen molar-refractivity contribution in [1.82, 2.24) is 0 Å². The maximum atomic E-state index is 10.6. The van der Waals surface area contributed by atoms with Crippen LogP contribution in [0.15, 0.2) is 16.9 Å². The van der Waals surface area contributed by atoms with Gasteiger partial charge < -0.3 is 24.8 Å². The molecule has 0 aliphatic heterocycles. The van der Waals surface area contributed by atoms with E-state index in [2.05, 4.69) is 4.42 Å². The summed E-state index contributed by atoms with van der Waals surface area (Å²) in [6, 6.07) is 0. The molecule has 0 amide bonds. The smallest absolute Gasteiger partial charge is 0.490 e. The third kappa shape index (κ3) is 11.7. The molecule has 1 aromatic heterocycles. The molecule has 0 radical (unpaired) electrons. The van der Waals surface area contributed by atoms with Crippen LogP contribution in [-0.2, 0) is 9.59 Å². The molecule has 104 valence electrons. The van der Waals surface area contributed by atoms with Crippen LogP contribution in [0.2, 0.25) is 0 Å². The highest BCUT2D eigenvalue weighted by Crippen LogP contribution is 2.23. The first kappa shape index (κ1) is 18.0. The van der Waals surface area contributed by atoms with E-state index >= 15 is 0 Å². The van der Waals surface area contributed by atoms with E-state index in [1.807, 2.05) is 0 Å². The summed E-state index contributed by atoms with van der Waals surface area (Å²) < 4.78 is 36.1. The van der Waals surface area contributed by atoms with Crippen LogP contribution in [0.1, 0.15) is 6.92 Å². The van der Waals surface area contributed by atoms with Crippen molar-refractivity contribution in [3.05, 3.63) is 12.5 Å². The molecule has 0 saturated carbocycles. The molecule has 0 aromatic carbocycles. The monoisotopic (exact) mass is 274 g/mol. The fraction of sp³-hybridized carbons (Fsp3) is 0.250. The quantitative estimate of drug-likeness (QED) is 0.563. The van der Waals surface area contributed by atoms with Gasteiger partial charge in [0.1, 0.15) is 12.5 Å². The van der Waals surface area contributed by atoms with Crippen LogP contribution in [0.4, 0.5) is 13.2 Å². The molecule has 7 nitrogen and oxygen atoms in total. The lowest BCUT2D eigenvalue weighted by molar-refractivity contribution is -0.192. The molecule has 1 rings (SSSR count). The van der Waals surface area contributed by atoms with E-state index in [1.54, 1.807) is 0 Å². The molecule has 0 bridgehead atoms. The van der Waals surface area contributed by atoms with E-state index in [0.29, 0.717) is 0 Å². The summed E-state index contributed by atoms with van der Waals surface area (Å²) >= 11 is 0. The second-order valence-electron chi connectivity index (χ2n) is 2.46. The van der Waals surface area contributed by atoms with Gasteiger partial charge in [0, 0.05) is 6.92 Å². The highest BCUT2D eigenvalue weighted by atomic mass is 19.4. The standard InChI is InChI=1S/C4H4O3.C2HF3O2.C2H4O2/c5-3-1-7-2-4(3)6;3-2(4,5)1(6)7;1-2(3)4/h1-2,5-6H;(H,6,7);1H3,(H,3,4). The van der Waals surface area contributed by atoms with Crippen molar-refractivity contribution in [2.45, 2.75) is 13.1 Å². The Labute approximate surface area is 97.7 Å². The molecular weight excluding hydrogens is 265 g/mol. The summed E-state index contributed by atoms with van der Waals surface area (Å²) in [5.74, 6) is -4.03.